The molecule has 2 aliphatic heterocycles. The first-order chi connectivity index (χ1) is 10.0. The van der Waals surface area contributed by atoms with Crippen molar-refractivity contribution >= 4 is 5.97 Å². The largest absolute Gasteiger partial charge is 0.466 e. The fourth-order valence-electron chi connectivity index (χ4n) is 3.13. The van der Waals surface area contributed by atoms with Gasteiger partial charge in [0.1, 0.15) is 0 Å². The second-order valence-corrected chi connectivity index (χ2v) is 6.77. The molecule has 0 bridgehead atoms. The number of esters is 1. The highest BCUT2D eigenvalue weighted by molar-refractivity contribution is 5.76. The lowest BCUT2D eigenvalue weighted by Crippen LogP contribution is -2.49. The molecule has 0 aromatic heterocycles. The predicted octanol–water partition coefficient (Wildman–Crippen LogP) is 0.899. The van der Waals surface area contributed by atoms with Crippen LogP contribution in [0.4, 0.5) is 0 Å². The van der Waals surface area contributed by atoms with Crippen LogP contribution in [0.1, 0.15) is 26.7 Å². The van der Waals surface area contributed by atoms with Crippen LogP contribution < -0.4 is 0 Å². The SMILES string of the molecule is CCOC(=O)C1(C)CCN(CCN2CCN(C)CC2)CC1. The first kappa shape index (κ1) is 16.7. The van der Waals surface area contributed by atoms with E-state index in [2.05, 4.69) is 28.7 Å². The molecule has 21 heavy (non-hydrogen) atoms. The van der Waals surface area contributed by atoms with Crippen LogP contribution in [-0.4, -0.2) is 86.7 Å². The minimum atomic E-state index is -0.264. The molecule has 0 unspecified atom stereocenters. The van der Waals surface area contributed by atoms with E-state index in [1.807, 2.05) is 6.92 Å². The maximum absolute atomic E-state index is 12.0. The van der Waals surface area contributed by atoms with Crippen molar-refractivity contribution in [1.29, 1.82) is 0 Å². The van der Waals surface area contributed by atoms with Crippen LogP contribution in [0.5, 0.6) is 0 Å². The van der Waals surface area contributed by atoms with E-state index in [1.165, 1.54) is 26.2 Å². The van der Waals surface area contributed by atoms with Gasteiger partial charge in [0.2, 0.25) is 0 Å². The second-order valence-electron chi connectivity index (χ2n) is 6.77. The van der Waals surface area contributed by atoms with Crippen molar-refractivity contribution in [2.45, 2.75) is 26.7 Å². The molecule has 0 aromatic carbocycles. The standard InChI is InChI=1S/C16H31N3O2/c1-4-21-15(20)16(2)5-7-18(8-6-16)13-14-19-11-9-17(3)10-12-19/h4-14H2,1-3H3. The number of likely N-dealkylation sites (N-methyl/N-ethyl adjacent to an activating group) is 1. The Bertz CT molecular complexity index is 332. The molecule has 5 heteroatoms. The summed E-state index contributed by atoms with van der Waals surface area (Å²) in [5, 5.41) is 0. The molecular formula is C16H31N3O2. The van der Waals surface area contributed by atoms with Gasteiger partial charge in [-0.15, -0.1) is 0 Å². The minimum Gasteiger partial charge on any atom is -0.466 e. The Morgan fingerprint density at radius 3 is 2.05 bits per heavy atom. The molecule has 0 aliphatic carbocycles. The molecule has 2 aliphatic rings. The maximum Gasteiger partial charge on any atom is 0.311 e. The van der Waals surface area contributed by atoms with Gasteiger partial charge in [-0.1, -0.05) is 0 Å². The third-order valence-electron chi connectivity index (χ3n) is 5.06. The minimum absolute atomic E-state index is 0.0104. The summed E-state index contributed by atoms with van der Waals surface area (Å²) in [5.41, 5.74) is -0.264. The number of rotatable bonds is 5. The fraction of sp³-hybridized carbons (Fsp3) is 0.938. The summed E-state index contributed by atoms with van der Waals surface area (Å²) in [5.74, 6) is -0.0104. The third kappa shape index (κ3) is 4.66. The van der Waals surface area contributed by atoms with Crippen LogP contribution in [0.2, 0.25) is 0 Å². The Hall–Kier alpha value is -0.650. The second kappa shape index (κ2) is 7.56. The van der Waals surface area contributed by atoms with Crippen LogP contribution in [0.3, 0.4) is 0 Å². The Balaban J connectivity index is 1.68. The average molecular weight is 297 g/mol. The van der Waals surface area contributed by atoms with Gasteiger partial charge >= 0.3 is 5.97 Å². The van der Waals surface area contributed by atoms with Crippen LogP contribution in [0, 0.1) is 5.41 Å². The summed E-state index contributed by atoms with van der Waals surface area (Å²) in [4.78, 5) is 19.5. The van der Waals surface area contributed by atoms with E-state index in [-0.39, 0.29) is 11.4 Å². The molecule has 0 aromatic rings. The topological polar surface area (TPSA) is 36.0 Å². The summed E-state index contributed by atoms with van der Waals surface area (Å²) >= 11 is 0. The third-order valence-corrected chi connectivity index (χ3v) is 5.06. The van der Waals surface area contributed by atoms with Gasteiger partial charge in [0, 0.05) is 39.3 Å². The van der Waals surface area contributed by atoms with Crippen LogP contribution in [0.15, 0.2) is 0 Å². The number of carbonyl (C=O) groups is 1. The number of likely N-dealkylation sites (tertiary alicyclic amines) is 1. The van der Waals surface area contributed by atoms with Gasteiger partial charge in [0.25, 0.3) is 0 Å². The normalized spacial score (nSPS) is 24.9. The lowest BCUT2D eigenvalue weighted by molar-refractivity contribution is -0.157. The number of hydrogen-bond acceptors (Lipinski definition) is 5. The quantitative estimate of drug-likeness (QED) is 0.705. The molecule has 2 heterocycles. The molecule has 0 atom stereocenters. The molecule has 122 valence electrons. The van der Waals surface area contributed by atoms with Crippen molar-refractivity contribution in [3.8, 4) is 0 Å². The van der Waals surface area contributed by atoms with E-state index in [0.29, 0.717) is 6.61 Å². The molecular weight excluding hydrogens is 266 g/mol. The summed E-state index contributed by atoms with van der Waals surface area (Å²) in [6.45, 7) is 13.5. The Kier molecular flexibility index (Phi) is 6.02. The smallest absolute Gasteiger partial charge is 0.311 e. The molecule has 2 fully saturated rings. The lowest BCUT2D eigenvalue weighted by Gasteiger charge is -2.39. The maximum atomic E-state index is 12.0. The van der Waals surface area contributed by atoms with E-state index < -0.39 is 0 Å². The van der Waals surface area contributed by atoms with Gasteiger partial charge in [-0.25, -0.2) is 0 Å². The van der Waals surface area contributed by atoms with E-state index in [4.69, 9.17) is 4.74 Å². The summed E-state index contributed by atoms with van der Waals surface area (Å²) in [6, 6.07) is 0. The Morgan fingerprint density at radius 2 is 1.52 bits per heavy atom. The number of ether oxygens (including phenoxy) is 1. The first-order valence-corrected chi connectivity index (χ1v) is 8.34. The van der Waals surface area contributed by atoms with Crippen molar-refractivity contribution in [1.82, 2.24) is 14.7 Å². The summed E-state index contributed by atoms with van der Waals surface area (Å²) < 4.78 is 5.21. The highest BCUT2D eigenvalue weighted by atomic mass is 16.5. The van der Waals surface area contributed by atoms with Crippen LogP contribution in [-0.2, 0) is 9.53 Å². The van der Waals surface area contributed by atoms with E-state index in [0.717, 1.165) is 39.0 Å². The molecule has 0 saturated carbocycles. The molecule has 5 nitrogen and oxygen atoms in total. The Morgan fingerprint density at radius 1 is 1.00 bits per heavy atom. The van der Waals surface area contributed by atoms with E-state index in [1.54, 1.807) is 0 Å². The van der Waals surface area contributed by atoms with Crippen molar-refractivity contribution in [3.63, 3.8) is 0 Å². The number of nitrogens with zero attached hydrogens (tertiary/aromatic N) is 3. The van der Waals surface area contributed by atoms with Crippen molar-refractivity contribution in [3.05, 3.63) is 0 Å². The van der Waals surface area contributed by atoms with Crippen molar-refractivity contribution in [2.75, 3.05) is 66.0 Å². The summed E-state index contributed by atoms with van der Waals surface area (Å²) in [6.07, 6.45) is 1.85. The lowest BCUT2D eigenvalue weighted by atomic mass is 9.80. The molecule has 0 spiro atoms. The van der Waals surface area contributed by atoms with Crippen molar-refractivity contribution in [2.24, 2.45) is 5.41 Å². The molecule has 0 N–H and O–H groups in total. The number of piperazine rings is 1. The van der Waals surface area contributed by atoms with Gasteiger partial charge < -0.3 is 14.5 Å². The van der Waals surface area contributed by atoms with Gasteiger partial charge in [-0.3, -0.25) is 9.69 Å². The number of piperidine rings is 1. The first-order valence-electron chi connectivity index (χ1n) is 8.34. The van der Waals surface area contributed by atoms with Gasteiger partial charge in [0.05, 0.1) is 12.0 Å². The number of carbonyl (C=O) groups excluding carboxylic acids is 1. The zero-order valence-corrected chi connectivity index (χ0v) is 13.9. The zero-order chi connectivity index (χ0) is 15.3. The fourth-order valence-corrected chi connectivity index (χ4v) is 3.13. The highest BCUT2D eigenvalue weighted by Gasteiger charge is 2.38. The molecule has 2 saturated heterocycles. The highest BCUT2D eigenvalue weighted by Crippen LogP contribution is 2.32. The summed E-state index contributed by atoms with van der Waals surface area (Å²) in [7, 11) is 2.19. The number of hydrogen-bond donors (Lipinski definition) is 0. The molecule has 0 amide bonds. The van der Waals surface area contributed by atoms with Gasteiger partial charge in [0.15, 0.2) is 0 Å². The zero-order valence-electron chi connectivity index (χ0n) is 13.9. The predicted molar refractivity (Wildman–Crippen MR) is 84.4 cm³/mol. The van der Waals surface area contributed by atoms with E-state index in [9.17, 15) is 4.79 Å². The molecule has 0 radical (unpaired) electrons. The van der Waals surface area contributed by atoms with Gasteiger partial charge in [-0.2, -0.15) is 0 Å². The van der Waals surface area contributed by atoms with Gasteiger partial charge in [-0.05, 0) is 46.8 Å². The Labute approximate surface area is 129 Å². The van der Waals surface area contributed by atoms with E-state index >= 15 is 0 Å². The van der Waals surface area contributed by atoms with Crippen LogP contribution in [0.25, 0.3) is 0 Å². The average Bonchev–Trinajstić information content (AvgIpc) is 2.49. The molecule has 2 rings (SSSR count). The van der Waals surface area contributed by atoms with Crippen molar-refractivity contribution < 1.29 is 9.53 Å². The van der Waals surface area contributed by atoms with Crippen LogP contribution >= 0.6 is 0 Å². The monoisotopic (exact) mass is 297 g/mol.